The number of aryl methyl sites for hydroxylation is 1. The molecule has 1 saturated heterocycles. The van der Waals surface area contributed by atoms with Crippen LogP contribution in [0.25, 0.3) is 10.4 Å². The average Bonchev–Trinajstić information content (AvgIpc) is 3.71. The molecule has 0 aliphatic carbocycles. The van der Waals surface area contributed by atoms with Gasteiger partial charge in [0.2, 0.25) is 22.1 Å². The number of benzene rings is 2. The molecule has 6 rings (SSSR count). The highest BCUT2D eigenvalue weighted by atomic mass is 32.2. The fraction of sp³-hybridized carbons (Fsp3) is 0.333. The molecule has 2 aromatic heterocycles. The number of nitro benzene ring substituents is 2. The number of alkyl carbamates (subject to hydrolysis) is 1. The van der Waals surface area contributed by atoms with Crippen LogP contribution in [0.3, 0.4) is 0 Å². The predicted molar refractivity (Wildman–Crippen MR) is 183 cm³/mol. The summed E-state index contributed by atoms with van der Waals surface area (Å²) >= 11 is 2.94. The van der Waals surface area contributed by atoms with Crippen LogP contribution < -0.4 is 9.88 Å². The number of thiazole rings is 1. The van der Waals surface area contributed by atoms with E-state index in [2.05, 4.69) is 5.32 Å². The highest BCUT2D eigenvalue weighted by Gasteiger charge is 2.60. The molecule has 1 fully saturated rings. The van der Waals surface area contributed by atoms with Crippen LogP contribution in [0.1, 0.15) is 29.9 Å². The van der Waals surface area contributed by atoms with E-state index in [0.717, 1.165) is 14.7 Å². The van der Waals surface area contributed by atoms with Crippen molar-refractivity contribution in [3.05, 3.63) is 103 Å². The van der Waals surface area contributed by atoms with E-state index in [0.29, 0.717) is 29.0 Å². The van der Waals surface area contributed by atoms with Gasteiger partial charge in [-0.2, -0.15) is 4.40 Å². The van der Waals surface area contributed by atoms with Crippen LogP contribution in [0.4, 0.5) is 16.2 Å². The number of amides is 2. The molecule has 51 heavy (non-hydrogen) atoms. The molecule has 16 nitrogen and oxygen atoms in total. The van der Waals surface area contributed by atoms with E-state index in [1.807, 2.05) is 35.5 Å². The summed E-state index contributed by atoms with van der Waals surface area (Å²) in [5.74, 6) is -1.52. The molecule has 0 bridgehead atoms. The van der Waals surface area contributed by atoms with Crippen LogP contribution in [0.5, 0.6) is 0 Å². The Morgan fingerprint density at radius 3 is 2.20 bits per heavy atom. The molecule has 18 heteroatoms. The summed E-state index contributed by atoms with van der Waals surface area (Å²) in [5, 5.41) is 35.8. The van der Waals surface area contributed by atoms with E-state index in [9.17, 15) is 39.7 Å². The summed E-state index contributed by atoms with van der Waals surface area (Å²) < 4.78 is 14.7. The van der Waals surface area contributed by atoms with Crippen LogP contribution in [0.15, 0.2) is 71.8 Å². The standard InChI is InChI=1S/C33H32N6O10S2/c1-18-25(28(37-27(18)26(19(2)40)29(37)41)32(42)48-15-20-4-8-22(9-5-20)38(44)45)24-14-36-17-35(3)30(31(36)51-24)50-13-12-34-33(43)49-16-21-6-10-23(11-7-21)39(46)47/h4-11,14,17-19,26-27,40H,12-13,15-16H2,1-3H3/p+1/t18-,19+,26+,27+/m0/s1. The number of carbonyl (C=O) groups is 3. The Balaban J connectivity index is 1.15. The lowest BCUT2D eigenvalue weighted by molar-refractivity contribution is -0.705. The number of non-ortho nitro benzene ring substituents is 2. The van der Waals surface area contributed by atoms with Crippen molar-refractivity contribution in [2.75, 3.05) is 12.3 Å². The Kier molecular flexibility index (Phi) is 10.1. The van der Waals surface area contributed by atoms with Gasteiger partial charge < -0.3 is 24.8 Å². The van der Waals surface area contributed by atoms with E-state index in [1.54, 1.807) is 6.92 Å². The topological polar surface area (TPSA) is 200 Å². The van der Waals surface area contributed by atoms with Crippen molar-refractivity contribution in [2.24, 2.45) is 18.9 Å². The Morgan fingerprint density at radius 2 is 1.63 bits per heavy atom. The molecular formula is C33H33N6O10S2+. The number of fused-ring (bicyclic) bond motifs is 2. The number of nitrogens with zero attached hydrogens (tertiary/aromatic N) is 5. The zero-order valence-corrected chi connectivity index (χ0v) is 29.2. The highest BCUT2D eigenvalue weighted by Crippen LogP contribution is 2.52. The zero-order chi connectivity index (χ0) is 36.6. The molecule has 0 unspecified atom stereocenters. The van der Waals surface area contributed by atoms with Crippen LogP contribution in [0, 0.1) is 32.1 Å². The van der Waals surface area contributed by atoms with E-state index >= 15 is 0 Å². The molecule has 0 saturated carbocycles. The van der Waals surface area contributed by atoms with Crippen LogP contribution >= 0.6 is 23.1 Å². The second-order valence-electron chi connectivity index (χ2n) is 12.1. The van der Waals surface area contributed by atoms with Gasteiger partial charge >= 0.3 is 12.1 Å². The number of ether oxygens (including phenoxy) is 2. The van der Waals surface area contributed by atoms with Gasteiger partial charge in [0, 0.05) is 48.1 Å². The normalized spacial score (nSPS) is 18.7. The second kappa shape index (κ2) is 14.5. The average molecular weight is 738 g/mol. The van der Waals surface area contributed by atoms with Crippen molar-refractivity contribution in [1.29, 1.82) is 0 Å². The molecule has 4 aromatic rings. The number of nitrogens with one attached hydrogen (secondary N) is 1. The molecule has 2 aliphatic rings. The largest absolute Gasteiger partial charge is 0.456 e. The number of hydrogen-bond acceptors (Lipinski definition) is 12. The lowest BCUT2D eigenvalue weighted by Crippen LogP contribution is -2.63. The number of aromatic nitrogens is 2. The summed E-state index contributed by atoms with van der Waals surface area (Å²) in [7, 11) is 1.89. The molecule has 4 atom stereocenters. The molecule has 4 heterocycles. The quantitative estimate of drug-likeness (QED) is 0.0383. The molecular weight excluding hydrogens is 705 g/mol. The first kappa shape index (κ1) is 35.5. The highest BCUT2D eigenvalue weighted by molar-refractivity contribution is 7.99. The summed E-state index contributed by atoms with van der Waals surface area (Å²) in [6.07, 6.45) is 2.24. The van der Waals surface area contributed by atoms with Gasteiger partial charge in [-0.1, -0.05) is 30.0 Å². The first-order chi connectivity index (χ1) is 24.3. The number of nitro groups is 2. The number of imidazole rings is 1. The fourth-order valence-electron chi connectivity index (χ4n) is 6.31. The van der Waals surface area contributed by atoms with Gasteiger partial charge in [-0.05, 0) is 42.3 Å². The molecule has 2 amide bonds. The number of aliphatic hydroxyl groups excluding tert-OH is 1. The smallest absolute Gasteiger partial charge is 0.407 e. The zero-order valence-electron chi connectivity index (χ0n) is 27.6. The Hall–Kier alpha value is -5.33. The third-order valence-corrected chi connectivity index (χ3v) is 11.2. The molecule has 2 aliphatic heterocycles. The van der Waals surface area contributed by atoms with Gasteiger partial charge in [0.05, 0.1) is 39.8 Å². The van der Waals surface area contributed by atoms with Gasteiger partial charge in [-0.25, -0.2) is 14.2 Å². The van der Waals surface area contributed by atoms with Gasteiger partial charge in [0.15, 0.2) is 0 Å². The number of rotatable bonds is 13. The number of aliphatic hydroxyl groups is 1. The van der Waals surface area contributed by atoms with Crippen molar-refractivity contribution < 1.29 is 43.4 Å². The predicted octanol–water partition coefficient (Wildman–Crippen LogP) is 3.97. The Bertz CT molecular complexity index is 2060. The van der Waals surface area contributed by atoms with Crippen molar-refractivity contribution in [2.45, 2.75) is 44.2 Å². The van der Waals surface area contributed by atoms with Gasteiger partial charge in [-0.3, -0.25) is 25.0 Å². The Morgan fingerprint density at radius 1 is 1.04 bits per heavy atom. The molecule has 0 radical (unpaired) electrons. The maximum absolute atomic E-state index is 13.7. The summed E-state index contributed by atoms with van der Waals surface area (Å²) in [6.45, 7) is 3.58. The monoisotopic (exact) mass is 737 g/mol. The number of β-lactam (4-membered cyclic amide) rings is 1. The minimum Gasteiger partial charge on any atom is -0.456 e. The maximum Gasteiger partial charge on any atom is 0.407 e. The van der Waals surface area contributed by atoms with E-state index in [-0.39, 0.29) is 42.1 Å². The number of carbonyl (C=O) groups excluding carboxylic acids is 3. The minimum absolute atomic E-state index is 0.0350. The number of hydrogen-bond donors (Lipinski definition) is 2. The summed E-state index contributed by atoms with van der Waals surface area (Å²) in [5.41, 5.74) is 1.77. The van der Waals surface area contributed by atoms with Gasteiger partial charge in [-0.15, -0.1) is 0 Å². The van der Waals surface area contributed by atoms with Crippen molar-refractivity contribution in [3.8, 4) is 0 Å². The van der Waals surface area contributed by atoms with Crippen LogP contribution in [-0.2, 0) is 39.3 Å². The van der Waals surface area contributed by atoms with Crippen LogP contribution in [0.2, 0.25) is 0 Å². The van der Waals surface area contributed by atoms with Crippen molar-refractivity contribution in [3.63, 3.8) is 0 Å². The molecule has 2 aromatic carbocycles. The first-order valence-electron chi connectivity index (χ1n) is 15.8. The summed E-state index contributed by atoms with van der Waals surface area (Å²) in [6, 6.07) is 11.0. The third kappa shape index (κ3) is 7.02. The van der Waals surface area contributed by atoms with Crippen LogP contribution in [-0.4, -0.2) is 66.7 Å². The maximum atomic E-state index is 13.7. The van der Waals surface area contributed by atoms with Gasteiger partial charge in [0.1, 0.15) is 25.1 Å². The molecule has 266 valence electrons. The summed E-state index contributed by atoms with van der Waals surface area (Å²) in [4.78, 5) is 63.0. The lowest BCUT2D eigenvalue weighted by Gasteiger charge is -2.46. The van der Waals surface area contributed by atoms with E-state index in [1.165, 1.54) is 76.5 Å². The lowest BCUT2D eigenvalue weighted by atomic mass is 9.77. The van der Waals surface area contributed by atoms with E-state index < -0.39 is 40.0 Å². The van der Waals surface area contributed by atoms with E-state index in [4.69, 9.17) is 9.47 Å². The SMILES string of the molecule is C[C@@H](O)[C@H]1C(=O)N2C(C(=O)OCc3ccc([N+](=O)[O-])cc3)=C(c3cn4c[n+](C)c(SCCNC(=O)OCc5ccc([N+](=O)[O-])cc5)c4s3)[C@H](C)[C@H]12. The molecule has 2 N–H and O–H groups in total. The second-order valence-corrected chi connectivity index (χ2v) is 14.2. The van der Waals surface area contributed by atoms with Crippen molar-refractivity contribution in [1.82, 2.24) is 14.6 Å². The van der Waals surface area contributed by atoms with Gasteiger partial charge in [0.25, 0.3) is 11.4 Å². The molecule has 0 spiro atoms. The fourth-order valence-corrected chi connectivity index (χ4v) is 8.70. The Labute approximate surface area is 298 Å². The minimum atomic E-state index is -0.910. The van der Waals surface area contributed by atoms with Crippen molar-refractivity contribution >= 4 is 62.8 Å². The third-order valence-electron chi connectivity index (χ3n) is 8.77. The number of thioether (sulfide) groups is 1. The first-order valence-corrected chi connectivity index (χ1v) is 17.6. The number of esters is 1.